The van der Waals surface area contributed by atoms with Gasteiger partial charge < -0.3 is 0 Å². The lowest BCUT2D eigenvalue weighted by atomic mass is 9.98. The number of benzene rings is 1. The summed E-state index contributed by atoms with van der Waals surface area (Å²) in [5.41, 5.74) is -3.68. The van der Waals surface area contributed by atoms with Crippen molar-refractivity contribution in [1.82, 2.24) is 0 Å². The molecular weight excluding hydrogens is 306 g/mol. The summed E-state index contributed by atoms with van der Waals surface area (Å²) >= 11 is 0.934. The third kappa shape index (κ3) is 2.51. The number of alkyl halides is 2. The smallest absolute Gasteiger partial charge is 0.258 e. The van der Waals surface area contributed by atoms with Crippen molar-refractivity contribution in [3.8, 4) is 0 Å². The minimum absolute atomic E-state index is 0.0144. The average Bonchev–Trinajstić information content (AvgIpc) is 2.41. The fraction of sp³-hybridized carbons (Fsp3) is 0.167. The van der Waals surface area contributed by atoms with Crippen LogP contribution in [0.2, 0.25) is 0 Å². The van der Waals surface area contributed by atoms with Crippen molar-refractivity contribution < 1.29 is 18.6 Å². The van der Waals surface area contributed by atoms with Crippen LogP contribution in [0.5, 0.6) is 0 Å². The van der Waals surface area contributed by atoms with Gasteiger partial charge in [-0.05, 0) is 18.2 Å². The largest absolute Gasteiger partial charge is 0.543 e. The molecule has 0 spiro atoms. The van der Waals surface area contributed by atoms with Crippen LogP contribution in [-0.2, 0) is 0 Å². The lowest BCUT2D eigenvalue weighted by Gasteiger charge is -2.23. The number of rotatable bonds is 4. The zero-order chi connectivity index (χ0) is 15.7. The number of halogens is 2. The van der Waals surface area contributed by atoms with E-state index in [0.717, 1.165) is 17.8 Å². The van der Waals surface area contributed by atoms with Gasteiger partial charge in [-0.25, -0.2) is 0 Å². The van der Waals surface area contributed by atoms with Gasteiger partial charge in [-0.1, -0.05) is 30.0 Å². The highest BCUT2D eigenvalue weighted by Crippen LogP contribution is 2.42. The predicted molar refractivity (Wildman–Crippen MR) is 71.2 cm³/mol. The van der Waals surface area contributed by atoms with Crippen molar-refractivity contribution in [2.24, 2.45) is 0 Å². The van der Waals surface area contributed by atoms with Crippen LogP contribution in [0.3, 0.4) is 0 Å². The van der Waals surface area contributed by atoms with Gasteiger partial charge in [0.2, 0.25) is 0 Å². The molecule has 1 aliphatic rings. The molecular formula is C12H8F2N2O4S. The van der Waals surface area contributed by atoms with Crippen molar-refractivity contribution >= 4 is 11.8 Å². The number of allylic oxidation sites excluding steroid dienone is 1. The maximum absolute atomic E-state index is 13.7. The first-order valence-electron chi connectivity index (χ1n) is 5.61. The van der Waals surface area contributed by atoms with Crippen molar-refractivity contribution in [3.63, 3.8) is 0 Å². The summed E-state index contributed by atoms with van der Waals surface area (Å²) in [5, 5.41) is 21.9. The quantitative estimate of drug-likeness (QED) is 0.484. The molecule has 6 nitrogen and oxygen atoms in total. The van der Waals surface area contributed by atoms with Gasteiger partial charge in [0.25, 0.3) is 0 Å². The zero-order valence-corrected chi connectivity index (χ0v) is 11.1. The number of nitrogens with zero attached hydrogens (tertiary/aromatic N) is 2. The first-order valence-corrected chi connectivity index (χ1v) is 6.43. The second kappa shape index (κ2) is 5.24. The highest BCUT2D eigenvalue weighted by atomic mass is 32.2. The standard InChI is InChI=1S/C12H8F2N2O4S/c13-11(14)7-6-10(21-9-4-2-1-3-5-9)8-12(11,15(17)18)16(19)20/h1-8H. The van der Waals surface area contributed by atoms with E-state index in [1.165, 1.54) is 0 Å². The number of nitro groups is 2. The maximum atomic E-state index is 13.7. The molecule has 0 heterocycles. The van der Waals surface area contributed by atoms with E-state index in [0.29, 0.717) is 11.0 Å². The molecule has 0 atom stereocenters. The molecule has 110 valence electrons. The number of hydrogen-bond acceptors (Lipinski definition) is 5. The van der Waals surface area contributed by atoms with Crippen LogP contribution in [0.15, 0.2) is 58.4 Å². The molecule has 1 aromatic carbocycles. The lowest BCUT2D eigenvalue weighted by molar-refractivity contribution is -0.801. The summed E-state index contributed by atoms with van der Waals surface area (Å²) in [7, 11) is 0. The molecule has 21 heavy (non-hydrogen) atoms. The van der Waals surface area contributed by atoms with Crippen LogP contribution in [0.4, 0.5) is 8.78 Å². The highest BCUT2D eigenvalue weighted by Gasteiger charge is 2.74. The Kier molecular flexibility index (Phi) is 3.77. The second-order valence-electron chi connectivity index (χ2n) is 4.16. The summed E-state index contributed by atoms with van der Waals surface area (Å²) in [6.45, 7) is 0. The van der Waals surface area contributed by atoms with Gasteiger partial charge in [0, 0.05) is 15.9 Å². The second-order valence-corrected chi connectivity index (χ2v) is 5.31. The van der Waals surface area contributed by atoms with Crippen molar-refractivity contribution in [1.29, 1.82) is 0 Å². The molecule has 1 aliphatic carbocycles. The minimum Gasteiger partial charge on any atom is -0.258 e. The first kappa shape index (κ1) is 15.1. The Labute approximate surface area is 121 Å². The molecule has 0 fully saturated rings. The van der Waals surface area contributed by atoms with Crippen LogP contribution in [-0.4, -0.2) is 21.4 Å². The molecule has 2 rings (SSSR count). The monoisotopic (exact) mass is 314 g/mol. The fourth-order valence-electron chi connectivity index (χ4n) is 1.76. The Morgan fingerprint density at radius 1 is 1.05 bits per heavy atom. The third-order valence-electron chi connectivity index (χ3n) is 2.83. The molecule has 0 unspecified atom stereocenters. The van der Waals surface area contributed by atoms with Crippen molar-refractivity contribution in [3.05, 3.63) is 73.7 Å². The van der Waals surface area contributed by atoms with Crippen LogP contribution in [0.25, 0.3) is 0 Å². The lowest BCUT2D eigenvalue weighted by Crippen LogP contribution is -2.58. The van der Waals surface area contributed by atoms with Gasteiger partial charge in [0.15, 0.2) is 0 Å². The third-order valence-corrected chi connectivity index (χ3v) is 3.82. The van der Waals surface area contributed by atoms with E-state index < -0.39 is 21.4 Å². The van der Waals surface area contributed by atoms with Crippen LogP contribution < -0.4 is 0 Å². The van der Waals surface area contributed by atoms with Crippen molar-refractivity contribution in [2.45, 2.75) is 16.5 Å². The molecule has 1 aromatic rings. The Bertz CT molecular complexity index is 632. The summed E-state index contributed by atoms with van der Waals surface area (Å²) in [5.74, 6) is -4.21. The number of thioether (sulfide) groups is 1. The zero-order valence-electron chi connectivity index (χ0n) is 10.3. The van der Waals surface area contributed by atoms with Gasteiger partial charge >= 0.3 is 11.6 Å². The van der Waals surface area contributed by atoms with Gasteiger partial charge in [-0.15, -0.1) is 0 Å². The molecule has 0 amide bonds. The molecule has 0 aliphatic heterocycles. The van der Waals surface area contributed by atoms with Gasteiger partial charge in [0.05, 0.1) is 6.08 Å². The van der Waals surface area contributed by atoms with Crippen LogP contribution in [0.1, 0.15) is 0 Å². The Morgan fingerprint density at radius 3 is 2.14 bits per heavy atom. The van der Waals surface area contributed by atoms with Gasteiger partial charge in [-0.2, -0.15) is 8.78 Å². The number of hydrogen-bond donors (Lipinski definition) is 0. The van der Waals surface area contributed by atoms with E-state index in [4.69, 9.17) is 0 Å². The predicted octanol–water partition coefficient (Wildman–Crippen LogP) is 3.12. The van der Waals surface area contributed by atoms with E-state index in [1.807, 2.05) is 0 Å². The van der Waals surface area contributed by atoms with Gasteiger partial charge in [-0.3, -0.25) is 20.2 Å². The topological polar surface area (TPSA) is 86.3 Å². The van der Waals surface area contributed by atoms with E-state index in [1.54, 1.807) is 30.3 Å². The molecule has 0 N–H and O–H groups in total. The van der Waals surface area contributed by atoms with E-state index >= 15 is 0 Å². The Balaban J connectivity index is 2.46. The normalized spacial score (nSPS) is 18.9. The minimum atomic E-state index is -4.21. The van der Waals surface area contributed by atoms with Crippen LogP contribution >= 0.6 is 11.8 Å². The Hall–Kier alpha value is -2.29. The fourth-order valence-corrected chi connectivity index (χ4v) is 2.68. The summed E-state index contributed by atoms with van der Waals surface area (Å²) < 4.78 is 27.4. The Morgan fingerprint density at radius 2 is 1.62 bits per heavy atom. The summed E-state index contributed by atoms with van der Waals surface area (Å²) in [6, 6.07) is 8.44. The maximum Gasteiger partial charge on any atom is 0.543 e. The van der Waals surface area contributed by atoms with E-state index in [-0.39, 0.29) is 11.0 Å². The van der Waals surface area contributed by atoms with E-state index in [9.17, 15) is 29.0 Å². The average molecular weight is 314 g/mol. The summed E-state index contributed by atoms with van der Waals surface area (Å²) in [4.78, 5) is 19.4. The molecule has 0 saturated carbocycles. The molecule has 9 heteroatoms. The molecule has 0 aromatic heterocycles. The highest BCUT2D eigenvalue weighted by molar-refractivity contribution is 8.03. The van der Waals surface area contributed by atoms with E-state index in [2.05, 4.69) is 0 Å². The SMILES string of the molecule is O=[N+]([O-])C1([N+](=O)[O-])C=C(Sc2ccccc2)C=CC1(F)F. The molecule has 0 radical (unpaired) electrons. The summed E-state index contributed by atoms with van der Waals surface area (Å²) in [6.07, 6.45) is 1.54. The molecule has 0 bridgehead atoms. The van der Waals surface area contributed by atoms with Crippen molar-refractivity contribution in [2.75, 3.05) is 0 Å². The van der Waals surface area contributed by atoms with Crippen LogP contribution in [0, 0.1) is 20.2 Å². The van der Waals surface area contributed by atoms with Gasteiger partial charge in [0.1, 0.15) is 9.85 Å². The molecule has 0 saturated heterocycles. The first-order chi connectivity index (χ1) is 9.79.